The summed E-state index contributed by atoms with van der Waals surface area (Å²) < 4.78 is 30.0. The lowest BCUT2D eigenvalue weighted by Gasteiger charge is -2.16. The first-order valence-electron chi connectivity index (χ1n) is 12.0. The number of para-hydroxylation sites is 1. The van der Waals surface area contributed by atoms with E-state index in [1.807, 2.05) is 30.3 Å². The van der Waals surface area contributed by atoms with Gasteiger partial charge < -0.3 is 21.7 Å². The molecule has 0 radical (unpaired) electrons. The van der Waals surface area contributed by atoms with Gasteiger partial charge in [-0.15, -0.1) is 0 Å². The highest BCUT2D eigenvalue weighted by molar-refractivity contribution is 6.09. The molecule has 4 aromatic rings. The van der Waals surface area contributed by atoms with E-state index in [-0.39, 0.29) is 41.7 Å². The van der Waals surface area contributed by atoms with Crippen molar-refractivity contribution in [1.29, 1.82) is 0 Å². The van der Waals surface area contributed by atoms with E-state index in [0.717, 1.165) is 24.6 Å². The van der Waals surface area contributed by atoms with Gasteiger partial charge in [0.25, 0.3) is 11.8 Å². The fourth-order valence-electron chi connectivity index (χ4n) is 4.05. The molecule has 1 aliphatic rings. The number of benzene rings is 3. The third-order valence-electron chi connectivity index (χ3n) is 6.11. The topological polar surface area (TPSA) is 109 Å². The zero-order valence-electron chi connectivity index (χ0n) is 19.9. The molecule has 0 bridgehead atoms. The van der Waals surface area contributed by atoms with Crippen LogP contribution in [0.5, 0.6) is 0 Å². The third kappa shape index (κ3) is 5.26. The summed E-state index contributed by atoms with van der Waals surface area (Å²) in [5.41, 5.74) is 7.43. The molecule has 188 valence electrons. The molecule has 7 nitrogen and oxygen atoms in total. The minimum atomic E-state index is -0.787. The maximum Gasteiger partial charge on any atom is 0.255 e. The molecule has 3 aromatic carbocycles. The van der Waals surface area contributed by atoms with Gasteiger partial charge in [-0.05, 0) is 48.7 Å². The highest BCUT2D eigenvalue weighted by atomic mass is 19.1. The van der Waals surface area contributed by atoms with Crippen LogP contribution in [0.1, 0.15) is 33.6 Å². The molecule has 1 aliphatic carbocycles. The Morgan fingerprint density at radius 1 is 0.946 bits per heavy atom. The Kier molecular flexibility index (Phi) is 6.78. The van der Waals surface area contributed by atoms with E-state index in [1.54, 1.807) is 6.07 Å². The van der Waals surface area contributed by atoms with Crippen molar-refractivity contribution in [3.05, 3.63) is 89.6 Å². The summed E-state index contributed by atoms with van der Waals surface area (Å²) in [6, 6.07) is 16.1. The number of nitrogens with two attached hydrogens (primary N) is 1. The number of carbonyl (C=O) groups is 2. The molecule has 1 aromatic heterocycles. The number of pyridine rings is 1. The molecule has 2 amide bonds. The van der Waals surface area contributed by atoms with Crippen LogP contribution in [-0.2, 0) is 0 Å². The number of aromatic nitrogens is 1. The third-order valence-corrected chi connectivity index (χ3v) is 6.11. The Hall–Kier alpha value is -4.37. The van der Waals surface area contributed by atoms with Crippen LogP contribution in [0.2, 0.25) is 0 Å². The Morgan fingerprint density at radius 3 is 2.43 bits per heavy atom. The monoisotopic (exact) mass is 501 g/mol. The first-order valence-corrected chi connectivity index (χ1v) is 12.0. The van der Waals surface area contributed by atoms with E-state index in [2.05, 4.69) is 20.9 Å². The second kappa shape index (κ2) is 10.3. The first kappa shape index (κ1) is 24.3. The Bertz CT molecular complexity index is 1490. The maximum absolute atomic E-state index is 15.2. The van der Waals surface area contributed by atoms with Crippen molar-refractivity contribution in [2.45, 2.75) is 18.9 Å². The van der Waals surface area contributed by atoms with Crippen LogP contribution in [0.15, 0.2) is 66.9 Å². The first-order chi connectivity index (χ1) is 17.9. The van der Waals surface area contributed by atoms with Crippen LogP contribution in [0.4, 0.5) is 20.2 Å². The number of amides is 2. The quantitative estimate of drug-likeness (QED) is 0.284. The lowest BCUT2D eigenvalue weighted by molar-refractivity contribution is 0.0942. The summed E-state index contributed by atoms with van der Waals surface area (Å²) in [5, 5.41) is 9.26. The van der Waals surface area contributed by atoms with E-state index >= 15 is 4.39 Å². The Balaban J connectivity index is 1.60. The van der Waals surface area contributed by atoms with Gasteiger partial charge in [-0.25, -0.2) is 8.78 Å². The van der Waals surface area contributed by atoms with Crippen molar-refractivity contribution in [2.75, 3.05) is 18.4 Å². The zero-order chi connectivity index (χ0) is 25.9. The second-order valence-electron chi connectivity index (χ2n) is 8.87. The van der Waals surface area contributed by atoms with E-state index in [4.69, 9.17) is 5.73 Å². The summed E-state index contributed by atoms with van der Waals surface area (Å²) in [4.78, 5) is 29.5. The number of nitrogens with zero attached hydrogens (tertiary/aromatic N) is 1. The average molecular weight is 502 g/mol. The van der Waals surface area contributed by atoms with Gasteiger partial charge in [-0.1, -0.05) is 24.3 Å². The van der Waals surface area contributed by atoms with E-state index < -0.39 is 17.5 Å². The van der Waals surface area contributed by atoms with Gasteiger partial charge in [0.15, 0.2) is 0 Å². The standard InChI is InChI=1S/C28H25F2N5O2/c29-23-12-16(6-9-19(23)27(36)32-11-10-31)20-13-21-25(14-24(20)30)33-15-22(28(37)35-18-7-8-18)26(21)34-17-4-2-1-3-5-17/h1-6,9,12-15,18H,7-8,10-11,31H2,(H,32,36)(H,33,34)(H,35,37). The Labute approximate surface area is 212 Å². The van der Waals surface area contributed by atoms with Crippen molar-refractivity contribution < 1.29 is 18.4 Å². The fourth-order valence-corrected chi connectivity index (χ4v) is 4.05. The van der Waals surface area contributed by atoms with Crippen LogP contribution in [0.3, 0.4) is 0 Å². The van der Waals surface area contributed by atoms with Crippen LogP contribution in [0.25, 0.3) is 22.0 Å². The maximum atomic E-state index is 15.2. The highest BCUT2D eigenvalue weighted by Crippen LogP contribution is 2.35. The molecule has 5 N–H and O–H groups in total. The van der Waals surface area contributed by atoms with Gasteiger partial charge in [0.2, 0.25) is 0 Å². The van der Waals surface area contributed by atoms with Gasteiger partial charge in [-0.3, -0.25) is 14.6 Å². The van der Waals surface area contributed by atoms with Crippen molar-refractivity contribution in [3.8, 4) is 11.1 Å². The molecule has 9 heteroatoms. The van der Waals surface area contributed by atoms with Crippen LogP contribution < -0.4 is 21.7 Å². The predicted octanol–water partition coefficient (Wildman–Crippen LogP) is 4.50. The summed E-state index contributed by atoms with van der Waals surface area (Å²) in [6.07, 6.45) is 3.28. The van der Waals surface area contributed by atoms with Gasteiger partial charge in [0, 0.05) is 48.0 Å². The fraction of sp³-hybridized carbons (Fsp3) is 0.179. The van der Waals surface area contributed by atoms with Crippen molar-refractivity contribution in [3.63, 3.8) is 0 Å². The van der Waals surface area contributed by atoms with E-state index in [1.165, 1.54) is 24.4 Å². The number of hydrogen-bond acceptors (Lipinski definition) is 5. The summed E-state index contributed by atoms with van der Waals surface area (Å²) in [5.74, 6) is -2.27. The average Bonchev–Trinajstić information content (AvgIpc) is 3.71. The van der Waals surface area contributed by atoms with Gasteiger partial charge in [0.05, 0.1) is 22.3 Å². The normalized spacial score (nSPS) is 12.8. The van der Waals surface area contributed by atoms with Crippen molar-refractivity contribution >= 4 is 34.1 Å². The number of carbonyl (C=O) groups excluding carboxylic acids is 2. The van der Waals surface area contributed by atoms with Gasteiger partial charge >= 0.3 is 0 Å². The largest absolute Gasteiger partial charge is 0.354 e. The number of rotatable bonds is 8. The highest BCUT2D eigenvalue weighted by Gasteiger charge is 2.26. The number of fused-ring (bicyclic) bond motifs is 1. The molecule has 0 saturated heterocycles. The van der Waals surface area contributed by atoms with E-state index in [0.29, 0.717) is 22.2 Å². The molecule has 0 atom stereocenters. The minimum absolute atomic E-state index is 0.109. The molecule has 1 fully saturated rings. The lowest BCUT2D eigenvalue weighted by atomic mass is 9.98. The molecular weight excluding hydrogens is 476 g/mol. The molecule has 0 aliphatic heterocycles. The van der Waals surface area contributed by atoms with Crippen molar-refractivity contribution in [2.24, 2.45) is 5.73 Å². The van der Waals surface area contributed by atoms with Gasteiger partial charge in [-0.2, -0.15) is 0 Å². The van der Waals surface area contributed by atoms with Crippen LogP contribution in [0, 0.1) is 11.6 Å². The molecule has 0 unspecified atom stereocenters. The minimum Gasteiger partial charge on any atom is -0.354 e. The second-order valence-corrected chi connectivity index (χ2v) is 8.87. The SMILES string of the molecule is NCCNC(=O)c1ccc(-c2cc3c(Nc4ccccc4)c(C(=O)NC4CC4)cnc3cc2F)cc1F. The summed E-state index contributed by atoms with van der Waals surface area (Å²) in [6.45, 7) is 0.433. The van der Waals surface area contributed by atoms with Gasteiger partial charge in [0.1, 0.15) is 11.6 Å². The lowest BCUT2D eigenvalue weighted by Crippen LogP contribution is -2.29. The zero-order valence-corrected chi connectivity index (χ0v) is 19.9. The number of halogens is 2. The number of anilines is 2. The molecule has 0 spiro atoms. The van der Waals surface area contributed by atoms with Crippen LogP contribution in [-0.4, -0.2) is 35.9 Å². The Morgan fingerprint density at radius 2 is 1.73 bits per heavy atom. The molecule has 1 saturated carbocycles. The van der Waals surface area contributed by atoms with E-state index in [9.17, 15) is 14.0 Å². The molecule has 37 heavy (non-hydrogen) atoms. The number of hydrogen-bond donors (Lipinski definition) is 4. The molecule has 5 rings (SSSR count). The smallest absolute Gasteiger partial charge is 0.255 e. The molecule has 1 heterocycles. The van der Waals surface area contributed by atoms with Crippen molar-refractivity contribution in [1.82, 2.24) is 15.6 Å². The summed E-state index contributed by atoms with van der Waals surface area (Å²) in [7, 11) is 0. The molecular formula is C28H25F2N5O2. The number of nitrogens with one attached hydrogen (secondary N) is 3. The summed E-state index contributed by atoms with van der Waals surface area (Å²) >= 11 is 0. The predicted molar refractivity (Wildman–Crippen MR) is 139 cm³/mol. The van der Waals surface area contributed by atoms with Crippen LogP contribution >= 0.6 is 0 Å².